The highest BCUT2D eigenvalue weighted by Crippen LogP contribution is 2.23. The van der Waals surface area contributed by atoms with Gasteiger partial charge in [-0.3, -0.25) is 9.59 Å². The topological polar surface area (TPSA) is 108 Å². The maximum absolute atomic E-state index is 12.1. The van der Waals surface area contributed by atoms with Crippen molar-refractivity contribution in [1.29, 1.82) is 0 Å². The van der Waals surface area contributed by atoms with Gasteiger partial charge in [-0.15, -0.1) is 11.3 Å². The summed E-state index contributed by atoms with van der Waals surface area (Å²) in [7, 11) is 0. The molecule has 0 fully saturated rings. The van der Waals surface area contributed by atoms with Crippen LogP contribution in [0, 0.1) is 13.8 Å². The van der Waals surface area contributed by atoms with Gasteiger partial charge in [-0.1, -0.05) is 12.1 Å². The fourth-order valence-corrected chi connectivity index (χ4v) is 2.91. The Morgan fingerprint density at radius 1 is 1.23 bits per heavy atom. The zero-order valence-electron chi connectivity index (χ0n) is 14.7. The van der Waals surface area contributed by atoms with Crippen molar-refractivity contribution in [3.63, 3.8) is 0 Å². The van der Waals surface area contributed by atoms with E-state index in [1.165, 1.54) is 13.0 Å². The number of nitrogens with one attached hydrogen (secondary N) is 1. The van der Waals surface area contributed by atoms with Crippen molar-refractivity contribution in [1.82, 2.24) is 0 Å². The van der Waals surface area contributed by atoms with E-state index in [9.17, 15) is 14.4 Å². The van der Waals surface area contributed by atoms with E-state index in [0.717, 1.165) is 22.5 Å². The van der Waals surface area contributed by atoms with Gasteiger partial charge in [0, 0.05) is 0 Å². The lowest BCUT2D eigenvalue weighted by molar-refractivity contribution is -0.155. The van der Waals surface area contributed by atoms with Gasteiger partial charge in [-0.05, 0) is 49.4 Å². The summed E-state index contributed by atoms with van der Waals surface area (Å²) in [5, 5.41) is 4.47. The minimum absolute atomic E-state index is 0.208. The van der Waals surface area contributed by atoms with E-state index < -0.39 is 23.9 Å². The quantitative estimate of drug-likeness (QED) is 0.722. The Morgan fingerprint density at radius 2 is 1.96 bits per heavy atom. The number of rotatable bonds is 7. The van der Waals surface area contributed by atoms with Gasteiger partial charge in [0.1, 0.15) is 10.8 Å². The van der Waals surface area contributed by atoms with Gasteiger partial charge in [0.05, 0.1) is 5.56 Å². The van der Waals surface area contributed by atoms with Crippen molar-refractivity contribution in [2.24, 2.45) is 5.73 Å². The number of amides is 2. The average Bonchev–Trinajstić information content (AvgIpc) is 3.04. The molecule has 0 aliphatic heterocycles. The van der Waals surface area contributed by atoms with Crippen LogP contribution >= 0.6 is 11.3 Å². The normalized spacial score (nSPS) is 11.5. The van der Waals surface area contributed by atoms with Crippen molar-refractivity contribution in [3.05, 3.63) is 46.3 Å². The number of primary amides is 1. The molecule has 3 N–H and O–H groups in total. The number of carbonyl (C=O) groups excluding carboxylic acids is 3. The van der Waals surface area contributed by atoms with Crippen LogP contribution in [-0.4, -0.2) is 30.5 Å². The summed E-state index contributed by atoms with van der Waals surface area (Å²) in [5.41, 5.74) is 7.41. The number of anilines is 1. The van der Waals surface area contributed by atoms with Gasteiger partial charge < -0.3 is 20.5 Å². The van der Waals surface area contributed by atoms with E-state index in [4.69, 9.17) is 15.2 Å². The highest BCUT2D eigenvalue weighted by molar-refractivity contribution is 7.14. The molecule has 0 bridgehead atoms. The molecule has 2 aromatic rings. The second kappa shape index (κ2) is 8.48. The Balaban J connectivity index is 1.88. The molecule has 26 heavy (non-hydrogen) atoms. The number of benzene rings is 1. The standard InChI is InChI=1S/C18H20N2O5S/c1-10-5-4-6-14(11(10)2)24-9-15(21)25-12(3)17(23)20-18-13(16(19)22)7-8-26-18/h4-8,12H,9H2,1-3H3,(H2,19,22)(H,20,23)/t12-/m0/s1. The van der Waals surface area contributed by atoms with Crippen LogP contribution in [-0.2, 0) is 14.3 Å². The highest BCUT2D eigenvalue weighted by atomic mass is 32.1. The third-order valence-corrected chi connectivity index (χ3v) is 4.58. The first kappa shape index (κ1) is 19.5. The third kappa shape index (κ3) is 4.82. The van der Waals surface area contributed by atoms with Crippen molar-refractivity contribution in [2.75, 3.05) is 11.9 Å². The summed E-state index contributed by atoms with van der Waals surface area (Å²) in [4.78, 5) is 35.3. The van der Waals surface area contributed by atoms with Crippen LogP contribution in [0.3, 0.4) is 0 Å². The monoisotopic (exact) mass is 376 g/mol. The van der Waals surface area contributed by atoms with Crippen LogP contribution in [0.15, 0.2) is 29.6 Å². The third-order valence-electron chi connectivity index (χ3n) is 3.75. The minimum atomic E-state index is -1.05. The van der Waals surface area contributed by atoms with Crippen molar-refractivity contribution in [3.8, 4) is 5.75 Å². The van der Waals surface area contributed by atoms with Gasteiger partial charge >= 0.3 is 5.97 Å². The number of hydrogen-bond acceptors (Lipinski definition) is 6. The number of carbonyl (C=O) groups is 3. The molecule has 0 saturated carbocycles. The number of thiophene rings is 1. The number of hydrogen-bond donors (Lipinski definition) is 2. The fourth-order valence-electron chi connectivity index (χ4n) is 2.12. The molecule has 2 amide bonds. The summed E-state index contributed by atoms with van der Waals surface area (Å²) < 4.78 is 10.5. The van der Waals surface area contributed by atoms with E-state index >= 15 is 0 Å². The second-order valence-electron chi connectivity index (χ2n) is 5.64. The predicted octanol–water partition coefficient (Wildman–Crippen LogP) is 2.41. The number of nitrogens with two attached hydrogens (primary N) is 1. The molecule has 0 saturated heterocycles. The van der Waals surface area contributed by atoms with Gasteiger partial charge in [0.15, 0.2) is 12.7 Å². The summed E-state index contributed by atoms with van der Waals surface area (Å²) in [6.45, 7) is 4.96. The zero-order valence-corrected chi connectivity index (χ0v) is 15.5. The molecular formula is C18H20N2O5S. The van der Waals surface area contributed by atoms with Crippen molar-refractivity contribution < 1.29 is 23.9 Å². The molecule has 138 valence electrons. The molecule has 1 heterocycles. The van der Waals surface area contributed by atoms with Crippen LogP contribution in [0.25, 0.3) is 0 Å². The SMILES string of the molecule is Cc1cccc(OCC(=O)O[C@@H](C)C(=O)Nc2sccc2C(N)=O)c1C. The molecule has 1 atom stereocenters. The van der Waals surface area contributed by atoms with E-state index in [1.54, 1.807) is 11.4 Å². The van der Waals surface area contributed by atoms with E-state index in [1.807, 2.05) is 26.0 Å². The van der Waals surface area contributed by atoms with Crippen LogP contribution in [0.1, 0.15) is 28.4 Å². The summed E-state index contributed by atoms with van der Waals surface area (Å²) in [5.74, 6) is -1.29. The first-order valence-electron chi connectivity index (χ1n) is 7.86. The molecule has 0 aliphatic rings. The van der Waals surface area contributed by atoms with Crippen LogP contribution in [0.2, 0.25) is 0 Å². The second-order valence-corrected chi connectivity index (χ2v) is 6.55. The van der Waals surface area contributed by atoms with Crippen molar-refractivity contribution >= 4 is 34.1 Å². The van der Waals surface area contributed by atoms with Gasteiger partial charge in [-0.25, -0.2) is 4.79 Å². The van der Waals surface area contributed by atoms with Crippen LogP contribution in [0.4, 0.5) is 5.00 Å². The number of aryl methyl sites for hydroxylation is 1. The molecular weight excluding hydrogens is 356 g/mol. The van der Waals surface area contributed by atoms with Crippen LogP contribution in [0.5, 0.6) is 5.75 Å². The Bertz CT molecular complexity index is 831. The lowest BCUT2D eigenvalue weighted by atomic mass is 10.1. The molecule has 7 nitrogen and oxygen atoms in total. The molecule has 1 aromatic heterocycles. The molecule has 0 radical (unpaired) electrons. The highest BCUT2D eigenvalue weighted by Gasteiger charge is 2.21. The summed E-state index contributed by atoms with van der Waals surface area (Å²) in [6.07, 6.45) is -1.05. The minimum Gasteiger partial charge on any atom is -0.482 e. The molecule has 0 aliphatic carbocycles. The van der Waals surface area contributed by atoms with E-state index in [2.05, 4.69) is 5.32 Å². The Labute approximate surface area is 155 Å². The van der Waals surface area contributed by atoms with Gasteiger partial charge in [0.2, 0.25) is 0 Å². The zero-order chi connectivity index (χ0) is 19.3. The van der Waals surface area contributed by atoms with Crippen LogP contribution < -0.4 is 15.8 Å². The average molecular weight is 376 g/mol. The maximum Gasteiger partial charge on any atom is 0.344 e. The molecule has 0 unspecified atom stereocenters. The first-order chi connectivity index (χ1) is 12.3. The Kier molecular flexibility index (Phi) is 6.35. The number of esters is 1. The number of ether oxygens (including phenoxy) is 2. The molecule has 0 spiro atoms. The summed E-state index contributed by atoms with van der Waals surface area (Å²) in [6, 6.07) is 7.04. The fraction of sp³-hybridized carbons (Fsp3) is 0.278. The molecule has 1 aromatic carbocycles. The van der Waals surface area contributed by atoms with Gasteiger partial charge in [-0.2, -0.15) is 0 Å². The largest absolute Gasteiger partial charge is 0.482 e. The van der Waals surface area contributed by atoms with Gasteiger partial charge in [0.25, 0.3) is 11.8 Å². The Morgan fingerprint density at radius 3 is 2.65 bits per heavy atom. The predicted molar refractivity (Wildman–Crippen MR) is 98.4 cm³/mol. The lowest BCUT2D eigenvalue weighted by Crippen LogP contribution is -2.32. The lowest BCUT2D eigenvalue weighted by Gasteiger charge is -2.14. The van der Waals surface area contributed by atoms with E-state index in [-0.39, 0.29) is 12.2 Å². The summed E-state index contributed by atoms with van der Waals surface area (Å²) >= 11 is 1.16. The first-order valence-corrected chi connectivity index (χ1v) is 8.74. The van der Waals surface area contributed by atoms with E-state index in [0.29, 0.717) is 10.8 Å². The maximum atomic E-state index is 12.1. The smallest absolute Gasteiger partial charge is 0.344 e. The van der Waals surface area contributed by atoms with Crippen molar-refractivity contribution in [2.45, 2.75) is 26.9 Å². The molecule has 8 heteroatoms. The molecule has 2 rings (SSSR count). The Hall–Kier alpha value is -2.87.